The summed E-state index contributed by atoms with van der Waals surface area (Å²) in [5, 5.41) is 0.513. The molecule has 0 aromatic heterocycles. The monoisotopic (exact) mass is 376 g/mol. The number of nitrogens with one attached hydrogen (secondary N) is 1. The van der Waals surface area contributed by atoms with Gasteiger partial charge in [0.25, 0.3) is 0 Å². The molecule has 0 unspecified atom stereocenters. The van der Waals surface area contributed by atoms with Crippen molar-refractivity contribution in [1.29, 1.82) is 0 Å². The van der Waals surface area contributed by atoms with Gasteiger partial charge in [-0.3, -0.25) is 4.99 Å². The highest BCUT2D eigenvalue weighted by atomic mass is 35.5. The van der Waals surface area contributed by atoms with Gasteiger partial charge in [-0.1, -0.05) is 11.6 Å². The molecule has 23 heavy (non-hydrogen) atoms. The molecule has 0 atom stereocenters. The molecular weight excluding hydrogens is 356 g/mol. The minimum Gasteiger partial charge on any atom is -0.370 e. The Morgan fingerprint density at radius 2 is 2.13 bits per heavy atom. The van der Waals surface area contributed by atoms with Crippen molar-refractivity contribution in [3.05, 3.63) is 28.8 Å². The quantitative estimate of drug-likeness (QED) is 0.459. The van der Waals surface area contributed by atoms with Gasteiger partial charge in [0.05, 0.1) is 11.4 Å². The highest BCUT2D eigenvalue weighted by Gasteiger charge is 2.16. The summed E-state index contributed by atoms with van der Waals surface area (Å²) >= 11 is 7.74. The molecule has 1 saturated heterocycles. The first-order valence-electron chi connectivity index (χ1n) is 7.28. The van der Waals surface area contributed by atoms with Crippen LogP contribution >= 0.6 is 23.4 Å². The van der Waals surface area contributed by atoms with Crippen LogP contribution in [0.5, 0.6) is 0 Å². The van der Waals surface area contributed by atoms with E-state index in [1.807, 2.05) is 16.7 Å². The second-order valence-corrected chi connectivity index (χ2v) is 8.54. The molecule has 2 rings (SSSR count). The maximum absolute atomic E-state index is 12.3. The molecule has 0 aliphatic carbocycles. The SMILES string of the molecule is Cc1cc(Cl)ccc1S(=O)(=O)NCCN=C(N)N1CCSCC1. The Morgan fingerprint density at radius 1 is 1.43 bits per heavy atom. The van der Waals surface area contributed by atoms with Gasteiger partial charge in [0.1, 0.15) is 0 Å². The molecule has 1 aromatic rings. The molecule has 0 spiro atoms. The van der Waals surface area contributed by atoms with E-state index in [9.17, 15) is 8.42 Å². The molecule has 1 heterocycles. The van der Waals surface area contributed by atoms with E-state index >= 15 is 0 Å². The smallest absolute Gasteiger partial charge is 0.240 e. The van der Waals surface area contributed by atoms with E-state index in [0.29, 0.717) is 23.1 Å². The van der Waals surface area contributed by atoms with Gasteiger partial charge in [0.2, 0.25) is 10.0 Å². The van der Waals surface area contributed by atoms with Crippen molar-refractivity contribution < 1.29 is 8.42 Å². The van der Waals surface area contributed by atoms with E-state index in [1.54, 1.807) is 19.1 Å². The lowest BCUT2D eigenvalue weighted by Gasteiger charge is -2.27. The number of halogens is 1. The molecule has 1 aliphatic rings. The fourth-order valence-electron chi connectivity index (χ4n) is 2.23. The van der Waals surface area contributed by atoms with Gasteiger partial charge in [-0.15, -0.1) is 0 Å². The molecule has 9 heteroatoms. The first-order valence-corrected chi connectivity index (χ1v) is 10.3. The van der Waals surface area contributed by atoms with E-state index in [0.717, 1.165) is 24.6 Å². The predicted molar refractivity (Wildman–Crippen MR) is 96.8 cm³/mol. The van der Waals surface area contributed by atoms with Crippen LogP contribution in [0.1, 0.15) is 5.56 Å². The topological polar surface area (TPSA) is 87.8 Å². The summed E-state index contributed by atoms with van der Waals surface area (Å²) in [7, 11) is -3.57. The summed E-state index contributed by atoms with van der Waals surface area (Å²) in [6.07, 6.45) is 0. The molecule has 1 aromatic carbocycles. The van der Waals surface area contributed by atoms with Gasteiger partial charge in [-0.05, 0) is 30.7 Å². The van der Waals surface area contributed by atoms with Gasteiger partial charge in [0, 0.05) is 36.2 Å². The average molecular weight is 377 g/mol. The minimum atomic E-state index is -3.57. The number of hydrogen-bond acceptors (Lipinski definition) is 4. The van der Waals surface area contributed by atoms with Crippen LogP contribution in [0.15, 0.2) is 28.1 Å². The standard InChI is InChI=1S/C14H21ClN4O2S2/c1-11-10-12(15)2-3-13(11)23(20,21)18-5-4-17-14(16)19-6-8-22-9-7-19/h2-3,10,18H,4-9H2,1H3,(H2,16,17). The van der Waals surface area contributed by atoms with Crippen molar-refractivity contribution in [2.45, 2.75) is 11.8 Å². The Morgan fingerprint density at radius 3 is 2.78 bits per heavy atom. The van der Waals surface area contributed by atoms with Crippen molar-refractivity contribution in [1.82, 2.24) is 9.62 Å². The van der Waals surface area contributed by atoms with Crippen molar-refractivity contribution in [2.24, 2.45) is 10.7 Å². The van der Waals surface area contributed by atoms with Crippen LogP contribution in [0.25, 0.3) is 0 Å². The first-order chi connectivity index (χ1) is 10.9. The van der Waals surface area contributed by atoms with Gasteiger partial charge in [-0.25, -0.2) is 13.1 Å². The summed E-state index contributed by atoms with van der Waals surface area (Å²) in [6.45, 7) is 3.99. The summed E-state index contributed by atoms with van der Waals surface area (Å²) < 4.78 is 27.1. The van der Waals surface area contributed by atoms with E-state index in [-0.39, 0.29) is 11.4 Å². The summed E-state index contributed by atoms with van der Waals surface area (Å²) in [6, 6.07) is 4.69. The van der Waals surface area contributed by atoms with Crippen LogP contribution in [0, 0.1) is 6.92 Å². The highest BCUT2D eigenvalue weighted by molar-refractivity contribution is 7.99. The normalized spacial score (nSPS) is 16.6. The average Bonchev–Trinajstić information content (AvgIpc) is 2.52. The van der Waals surface area contributed by atoms with E-state index < -0.39 is 10.0 Å². The fourth-order valence-corrected chi connectivity index (χ4v) is 4.61. The maximum atomic E-state index is 12.3. The molecule has 0 radical (unpaired) electrons. The summed E-state index contributed by atoms with van der Waals surface area (Å²) in [4.78, 5) is 6.49. The van der Waals surface area contributed by atoms with E-state index in [2.05, 4.69) is 9.71 Å². The molecular formula is C14H21ClN4O2S2. The van der Waals surface area contributed by atoms with Crippen molar-refractivity contribution in [3.63, 3.8) is 0 Å². The first kappa shape index (κ1) is 18.4. The Balaban J connectivity index is 1.89. The van der Waals surface area contributed by atoms with Crippen molar-refractivity contribution in [3.8, 4) is 0 Å². The van der Waals surface area contributed by atoms with Gasteiger partial charge in [0.15, 0.2) is 5.96 Å². The molecule has 0 bridgehead atoms. The maximum Gasteiger partial charge on any atom is 0.240 e. The number of guanidine groups is 1. The summed E-state index contributed by atoms with van der Waals surface area (Å²) in [5.74, 6) is 2.56. The van der Waals surface area contributed by atoms with Gasteiger partial charge in [-0.2, -0.15) is 11.8 Å². The number of aryl methyl sites for hydroxylation is 1. The molecule has 1 aliphatic heterocycles. The van der Waals surface area contributed by atoms with Crippen LogP contribution in [0.3, 0.4) is 0 Å². The third-order valence-electron chi connectivity index (χ3n) is 3.44. The second-order valence-electron chi connectivity index (χ2n) is 5.15. The van der Waals surface area contributed by atoms with Crippen LogP contribution in [0.4, 0.5) is 0 Å². The van der Waals surface area contributed by atoms with Gasteiger partial charge < -0.3 is 10.6 Å². The Labute approximate surface area is 146 Å². The molecule has 1 fully saturated rings. The number of sulfonamides is 1. The summed E-state index contributed by atoms with van der Waals surface area (Å²) in [5.41, 5.74) is 6.53. The number of nitrogens with two attached hydrogens (primary N) is 1. The Kier molecular flexibility index (Phi) is 6.58. The zero-order chi connectivity index (χ0) is 16.9. The molecule has 0 saturated carbocycles. The van der Waals surface area contributed by atoms with Gasteiger partial charge >= 0.3 is 0 Å². The number of rotatable bonds is 5. The molecule has 3 N–H and O–H groups in total. The molecule has 6 nitrogen and oxygen atoms in total. The molecule has 0 amide bonds. The van der Waals surface area contributed by atoms with E-state index in [4.69, 9.17) is 17.3 Å². The Bertz CT molecular complexity index is 673. The zero-order valence-electron chi connectivity index (χ0n) is 13.0. The lowest BCUT2D eigenvalue weighted by molar-refractivity contribution is 0.456. The van der Waals surface area contributed by atoms with Crippen LogP contribution in [-0.2, 0) is 10.0 Å². The number of nitrogens with zero attached hydrogens (tertiary/aromatic N) is 2. The second kappa shape index (κ2) is 8.23. The minimum absolute atomic E-state index is 0.202. The van der Waals surface area contributed by atoms with Crippen molar-refractivity contribution >= 4 is 39.3 Å². The highest BCUT2D eigenvalue weighted by Crippen LogP contribution is 2.19. The van der Waals surface area contributed by atoms with Crippen molar-refractivity contribution in [2.75, 3.05) is 37.7 Å². The predicted octanol–water partition coefficient (Wildman–Crippen LogP) is 1.29. The molecule has 128 valence electrons. The third-order valence-corrected chi connectivity index (χ3v) is 6.24. The third kappa shape index (κ3) is 5.27. The Hall–Kier alpha value is -0.960. The fraction of sp³-hybridized carbons (Fsp3) is 0.500. The van der Waals surface area contributed by atoms with Crippen LogP contribution < -0.4 is 10.5 Å². The van der Waals surface area contributed by atoms with E-state index in [1.165, 1.54) is 6.07 Å². The lowest BCUT2D eigenvalue weighted by Crippen LogP contribution is -2.43. The zero-order valence-corrected chi connectivity index (χ0v) is 15.3. The lowest BCUT2D eigenvalue weighted by atomic mass is 10.2. The number of aliphatic imine (C=N–C) groups is 1. The largest absolute Gasteiger partial charge is 0.370 e. The number of hydrogen-bond donors (Lipinski definition) is 2. The van der Waals surface area contributed by atoms with Crippen LogP contribution in [-0.4, -0.2) is 57.0 Å². The van der Waals surface area contributed by atoms with Crippen LogP contribution in [0.2, 0.25) is 5.02 Å². The number of thioether (sulfide) groups is 1. The number of benzene rings is 1.